The van der Waals surface area contributed by atoms with Crippen molar-refractivity contribution in [3.05, 3.63) is 28.6 Å². The van der Waals surface area contributed by atoms with Gasteiger partial charge in [0.2, 0.25) is 0 Å². The predicted molar refractivity (Wildman–Crippen MR) is 124 cm³/mol. The molecule has 0 atom stereocenters. The summed E-state index contributed by atoms with van der Waals surface area (Å²) in [5.41, 5.74) is 7.98. The molecule has 11 heteroatoms. The Morgan fingerprint density at radius 2 is 1.27 bits per heavy atom. The Morgan fingerprint density at radius 1 is 0.848 bits per heavy atom. The zero-order valence-electron chi connectivity index (χ0n) is 20.3. The molecule has 0 heterocycles. The Morgan fingerprint density at radius 3 is 1.64 bits per heavy atom. The Labute approximate surface area is 194 Å². The molecule has 1 aromatic rings. The van der Waals surface area contributed by atoms with Crippen molar-refractivity contribution in [3.63, 3.8) is 0 Å². The number of hydrogen-bond donors (Lipinski definition) is 2. The van der Waals surface area contributed by atoms with Crippen LogP contribution in [0, 0.1) is 0 Å². The average Bonchev–Trinajstić information content (AvgIpc) is 2.65. The Hall–Kier alpha value is -3.33. The standard InChI is InChI=1S/C22H35N5O6/c1-21(2,3)32-19(28)24-9-7-11-30-17-13-16(26-27-23)14-18(15-17)31-12-8-10-25-20(29)33-22(4,5)6/h13-15H,7-12H2,1-6H3,(H,24,28)(H,25,29). The minimum Gasteiger partial charge on any atom is -0.493 e. The van der Waals surface area contributed by atoms with Crippen molar-refractivity contribution in [2.75, 3.05) is 26.3 Å². The monoisotopic (exact) mass is 465 g/mol. The van der Waals surface area contributed by atoms with Gasteiger partial charge in [-0.25, -0.2) is 9.59 Å². The van der Waals surface area contributed by atoms with E-state index in [-0.39, 0.29) is 0 Å². The molecule has 0 unspecified atom stereocenters. The normalized spacial score (nSPS) is 11.1. The lowest BCUT2D eigenvalue weighted by Gasteiger charge is -2.19. The van der Waals surface area contributed by atoms with Crippen molar-refractivity contribution in [3.8, 4) is 11.5 Å². The molecule has 0 aromatic heterocycles. The van der Waals surface area contributed by atoms with Gasteiger partial charge in [-0.3, -0.25) is 0 Å². The van der Waals surface area contributed by atoms with Gasteiger partial charge in [0.1, 0.15) is 22.7 Å². The zero-order valence-corrected chi connectivity index (χ0v) is 20.3. The summed E-state index contributed by atoms with van der Waals surface area (Å²) in [6.45, 7) is 12.2. The van der Waals surface area contributed by atoms with Gasteiger partial charge >= 0.3 is 12.2 Å². The summed E-state index contributed by atoms with van der Waals surface area (Å²) in [7, 11) is 0. The van der Waals surface area contributed by atoms with Gasteiger partial charge in [0.15, 0.2) is 0 Å². The highest BCUT2D eigenvalue weighted by Crippen LogP contribution is 2.28. The van der Waals surface area contributed by atoms with Crippen molar-refractivity contribution in [1.82, 2.24) is 10.6 Å². The van der Waals surface area contributed by atoms with E-state index in [9.17, 15) is 9.59 Å². The maximum atomic E-state index is 11.6. The number of alkyl carbamates (subject to hydrolysis) is 2. The predicted octanol–water partition coefficient (Wildman–Crippen LogP) is 5.22. The first-order valence-corrected chi connectivity index (χ1v) is 10.8. The molecule has 2 N–H and O–H groups in total. The lowest BCUT2D eigenvalue weighted by Crippen LogP contribution is -2.33. The number of nitrogens with one attached hydrogen (secondary N) is 2. The molecule has 0 radical (unpaired) electrons. The number of amides is 2. The summed E-state index contributed by atoms with van der Waals surface area (Å²) in [6.07, 6.45) is 0.143. The van der Waals surface area contributed by atoms with Gasteiger partial charge in [-0.05, 0) is 72.0 Å². The molecule has 0 aliphatic carbocycles. The number of carbonyl (C=O) groups is 2. The summed E-state index contributed by atoms with van der Waals surface area (Å²) in [5, 5.41) is 8.92. The Bertz CT molecular complexity index is 769. The highest BCUT2D eigenvalue weighted by atomic mass is 16.6. The number of azide groups is 1. The van der Waals surface area contributed by atoms with E-state index in [1.807, 2.05) is 0 Å². The Balaban J connectivity index is 2.45. The van der Waals surface area contributed by atoms with Crippen LogP contribution in [0.25, 0.3) is 10.4 Å². The quantitative estimate of drug-likeness (QED) is 0.198. The van der Waals surface area contributed by atoms with Crippen LogP contribution < -0.4 is 20.1 Å². The number of nitrogens with zero attached hydrogens (tertiary/aromatic N) is 3. The minimum atomic E-state index is -0.551. The fourth-order valence-electron chi connectivity index (χ4n) is 2.37. The maximum Gasteiger partial charge on any atom is 0.407 e. The average molecular weight is 466 g/mol. The highest BCUT2D eigenvalue weighted by molar-refractivity contribution is 5.67. The van der Waals surface area contributed by atoms with Gasteiger partial charge in [-0.15, -0.1) is 0 Å². The molecular weight excluding hydrogens is 430 g/mol. The molecule has 1 aromatic carbocycles. The van der Waals surface area contributed by atoms with Gasteiger partial charge in [0, 0.05) is 29.8 Å². The van der Waals surface area contributed by atoms with Crippen LogP contribution in [0.2, 0.25) is 0 Å². The Kier molecular flexibility index (Phi) is 11.1. The van der Waals surface area contributed by atoms with Gasteiger partial charge < -0.3 is 29.6 Å². The molecule has 1 rings (SSSR count). The summed E-state index contributed by atoms with van der Waals surface area (Å²) < 4.78 is 21.7. The van der Waals surface area contributed by atoms with Crippen LogP contribution in [0.1, 0.15) is 54.4 Å². The molecule has 0 fully saturated rings. The largest absolute Gasteiger partial charge is 0.493 e. The molecule has 2 amide bonds. The first-order chi connectivity index (χ1) is 15.4. The molecule has 0 bridgehead atoms. The third kappa shape index (κ3) is 14.4. The van der Waals surface area contributed by atoms with E-state index in [2.05, 4.69) is 20.7 Å². The van der Waals surface area contributed by atoms with E-state index >= 15 is 0 Å². The number of benzene rings is 1. The fraction of sp³-hybridized carbons (Fsp3) is 0.636. The van der Waals surface area contributed by atoms with E-state index in [0.717, 1.165) is 0 Å². The van der Waals surface area contributed by atoms with E-state index in [4.69, 9.17) is 24.5 Å². The van der Waals surface area contributed by atoms with Crippen LogP contribution in [0.3, 0.4) is 0 Å². The molecule has 0 saturated carbocycles. The number of rotatable bonds is 11. The molecule has 33 heavy (non-hydrogen) atoms. The van der Waals surface area contributed by atoms with Crippen molar-refractivity contribution < 1.29 is 28.5 Å². The molecule has 0 spiro atoms. The highest BCUT2D eigenvalue weighted by Gasteiger charge is 2.16. The first kappa shape index (κ1) is 27.7. The van der Waals surface area contributed by atoms with Gasteiger partial charge in [0.25, 0.3) is 0 Å². The number of hydrogen-bond acceptors (Lipinski definition) is 7. The van der Waals surface area contributed by atoms with Gasteiger partial charge in [0.05, 0.1) is 13.2 Å². The fourth-order valence-corrected chi connectivity index (χ4v) is 2.37. The maximum absolute atomic E-state index is 11.6. The van der Waals surface area contributed by atoms with Crippen LogP contribution in [0.5, 0.6) is 11.5 Å². The topological polar surface area (TPSA) is 144 Å². The first-order valence-electron chi connectivity index (χ1n) is 10.8. The van der Waals surface area contributed by atoms with Crippen molar-refractivity contribution in [2.24, 2.45) is 5.11 Å². The molecule has 11 nitrogen and oxygen atoms in total. The summed E-state index contributed by atoms with van der Waals surface area (Å²) in [6, 6.07) is 4.87. The SMILES string of the molecule is CC(C)(C)OC(=O)NCCCOc1cc(N=[N+]=[N-])cc(OCCCNC(=O)OC(C)(C)C)c1. The van der Waals surface area contributed by atoms with Gasteiger partial charge in [-0.1, -0.05) is 5.11 Å². The van der Waals surface area contributed by atoms with E-state index in [0.29, 0.717) is 56.3 Å². The minimum absolute atomic E-state index is 0.328. The summed E-state index contributed by atoms with van der Waals surface area (Å²) >= 11 is 0. The molecular formula is C22H35N5O6. The lowest BCUT2D eigenvalue weighted by molar-refractivity contribution is 0.0514. The second-order valence-electron chi connectivity index (χ2n) is 9.11. The van der Waals surface area contributed by atoms with Crippen molar-refractivity contribution in [2.45, 2.75) is 65.6 Å². The zero-order chi connectivity index (χ0) is 24.9. The summed E-state index contributed by atoms with van der Waals surface area (Å²) in [4.78, 5) is 26.1. The molecule has 0 saturated heterocycles. The lowest BCUT2D eigenvalue weighted by atomic mass is 10.2. The van der Waals surface area contributed by atoms with Gasteiger partial charge in [-0.2, -0.15) is 0 Å². The van der Waals surface area contributed by atoms with E-state index in [1.165, 1.54) is 0 Å². The number of ether oxygens (including phenoxy) is 4. The second-order valence-corrected chi connectivity index (χ2v) is 9.11. The van der Waals surface area contributed by atoms with Crippen LogP contribution in [0.4, 0.5) is 15.3 Å². The van der Waals surface area contributed by atoms with Crippen LogP contribution in [-0.4, -0.2) is 49.7 Å². The second kappa shape index (κ2) is 13.3. The van der Waals surface area contributed by atoms with Crippen LogP contribution in [-0.2, 0) is 9.47 Å². The van der Waals surface area contributed by atoms with E-state index < -0.39 is 23.4 Å². The van der Waals surface area contributed by atoms with Crippen molar-refractivity contribution in [1.29, 1.82) is 0 Å². The van der Waals surface area contributed by atoms with Crippen LogP contribution in [0.15, 0.2) is 23.3 Å². The summed E-state index contributed by atoms with van der Waals surface area (Å²) in [5.74, 6) is 0.943. The third-order valence-electron chi connectivity index (χ3n) is 3.54. The molecule has 0 aliphatic heterocycles. The molecule has 0 aliphatic rings. The van der Waals surface area contributed by atoms with E-state index in [1.54, 1.807) is 59.7 Å². The molecule has 184 valence electrons. The number of carbonyl (C=O) groups excluding carboxylic acids is 2. The smallest absolute Gasteiger partial charge is 0.407 e. The third-order valence-corrected chi connectivity index (χ3v) is 3.54. The van der Waals surface area contributed by atoms with Crippen LogP contribution >= 0.6 is 0 Å². The van der Waals surface area contributed by atoms with Crippen molar-refractivity contribution >= 4 is 17.9 Å².